The van der Waals surface area contributed by atoms with Gasteiger partial charge in [-0.3, -0.25) is 14.5 Å². The van der Waals surface area contributed by atoms with E-state index in [9.17, 15) is 9.59 Å². The number of piperidine rings is 2. The lowest BCUT2D eigenvalue weighted by Gasteiger charge is -2.42. The molecule has 3 fully saturated rings. The summed E-state index contributed by atoms with van der Waals surface area (Å²) in [6, 6.07) is 0.483. The fourth-order valence-corrected chi connectivity index (χ4v) is 4.71. The van der Waals surface area contributed by atoms with Gasteiger partial charge in [-0.2, -0.15) is 0 Å². The van der Waals surface area contributed by atoms with Gasteiger partial charge in [-0.15, -0.1) is 5.10 Å². The molecule has 0 aliphatic carbocycles. The smallest absolute Gasteiger partial charge is 0.244 e. The van der Waals surface area contributed by atoms with Crippen LogP contribution in [0.2, 0.25) is 0 Å². The number of tetrazole rings is 1. The molecule has 9 nitrogen and oxygen atoms in total. The number of nitrogens with zero attached hydrogens (tertiary/aromatic N) is 7. The number of carbonyl (C=O) groups is 2. The topological polar surface area (TPSA) is 87.5 Å². The van der Waals surface area contributed by atoms with Gasteiger partial charge in [0.2, 0.25) is 11.8 Å². The zero-order valence-corrected chi connectivity index (χ0v) is 15.9. The Labute approximate surface area is 159 Å². The van der Waals surface area contributed by atoms with Crippen molar-refractivity contribution in [3.63, 3.8) is 0 Å². The van der Waals surface area contributed by atoms with Crippen LogP contribution in [0, 0.1) is 5.92 Å². The van der Waals surface area contributed by atoms with Gasteiger partial charge in [0.15, 0.2) is 0 Å². The van der Waals surface area contributed by atoms with Crippen LogP contribution in [0.5, 0.6) is 0 Å². The van der Waals surface area contributed by atoms with Crippen molar-refractivity contribution in [1.29, 1.82) is 0 Å². The van der Waals surface area contributed by atoms with E-state index in [1.807, 2.05) is 4.90 Å². The number of hydrogen-bond acceptors (Lipinski definition) is 6. The molecule has 2 amide bonds. The molecule has 0 N–H and O–H groups in total. The molecule has 0 bridgehead atoms. The molecule has 3 aliphatic rings. The molecule has 0 radical (unpaired) electrons. The van der Waals surface area contributed by atoms with Gasteiger partial charge in [-0.1, -0.05) is 0 Å². The molecule has 9 heteroatoms. The molecule has 27 heavy (non-hydrogen) atoms. The first-order chi connectivity index (χ1) is 13.2. The Kier molecular flexibility index (Phi) is 5.66. The summed E-state index contributed by atoms with van der Waals surface area (Å²) in [4.78, 5) is 31.6. The quantitative estimate of drug-likeness (QED) is 0.736. The average Bonchev–Trinajstić information content (AvgIpc) is 3.42. The second-order valence-electron chi connectivity index (χ2n) is 7.99. The van der Waals surface area contributed by atoms with Crippen molar-refractivity contribution in [3.8, 4) is 0 Å². The van der Waals surface area contributed by atoms with Crippen LogP contribution in [0.15, 0.2) is 6.33 Å². The molecule has 3 aliphatic heterocycles. The molecule has 1 aromatic heterocycles. The predicted molar refractivity (Wildman–Crippen MR) is 97.5 cm³/mol. The van der Waals surface area contributed by atoms with E-state index < -0.39 is 0 Å². The largest absolute Gasteiger partial charge is 0.342 e. The molecule has 1 aromatic rings. The SMILES string of the molecule is O=C(Cn1cnnn1)N1CCC(N2CCC[C@H](C(=O)N3CCCC3)C2)CC1. The molecule has 0 unspecified atom stereocenters. The minimum absolute atomic E-state index is 0.0708. The van der Waals surface area contributed by atoms with Crippen molar-refractivity contribution < 1.29 is 9.59 Å². The Hall–Kier alpha value is -2.03. The third-order valence-electron chi connectivity index (χ3n) is 6.24. The minimum atomic E-state index is 0.0708. The first-order valence-electron chi connectivity index (χ1n) is 10.2. The molecule has 4 rings (SSSR count). The Balaban J connectivity index is 1.26. The molecule has 4 heterocycles. The van der Waals surface area contributed by atoms with Crippen LogP contribution in [0.3, 0.4) is 0 Å². The normalized spacial score (nSPS) is 25.1. The maximum absolute atomic E-state index is 12.7. The summed E-state index contributed by atoms with van der Waals surface area (Å²) in [6.45, 7) is 5.59. The minimum Gasteiger partial charge on any atom is -0.342 e. The van der Waals surface area contributed by atoms with Crippen LogP contribution in [-0.2, 0) is 16.1 Å². The molecule has 148 valence electrons. The maximum atomic E-state index is 12.7. The zero-order chi connectivity index (χ0) is 18.6. The van der Waals surface area contributed by atoms with Crippen LogP contribution >= 0.6 is 0 Å². The van der Waals surface area contributed by atoms with Crippen molar-refractivity contribution in [2.24, 2.45) is 5.92 Å². The molecular formula is C18H29N7O2. The summed E-state index contributed by atoms with van der Waals surface area (Å²) in [5, 5.41) is 10.9. The Bertz CT molecular complexity index is 636. The first kappa shape index (κ1) is 18.3. The summed E-state index contributed by atoms with van der Waals surface area (Å²) < 4.78 is 1.47. The third kappa shape index (κ3) is 4.28. The zero-order valence-electron chi connectivity index (χ0n) is 15.9. The average molecular weight is 375 g/mol. The van der Waals surface area contributed by atoms with Crippen molar-refractivity contribution >= 4 is 11.8 Å². The fraction of sp³-hybridized carbons (Fsp3) is 0.833. The monoisotopic (exact) mass is 375 g/mol. The van der Waals surface area contributed by atoms with Crippen molar-refractivity contribution in [3.05, 3.63) is 6.33 Å². The van der Waals surface area contributed by atoms with E-state index in [0.29, 0.717) is 11.9 Å². The second-order valence-corrected chi connectivity index (χ2v) is 7.99. The number of amides is 2. The lowest BCUT2D eigenvalue weighted by atomic mass is 9.93. The Morgan fingerprint density at radius 2 is 1.70 bits per heavy atom. The van der Waals surface area contributed by atoms with Gasteiger partial charge in [0.05, 0.1) is 5.92 Å². The van der Waals surface area contributed by atoms with Gasteiger partial charge in [-0.25, -0.2) is 4.68 Å². The summed E-state index contributed by atoms with van der Waals surface area (Å²) in [6.07, 6.45) is 7.85. The van der Waals surface area contributed by atoms with Crippen molar-refractivity contribution in [1.82, 2.24) is 34.9 Å². The van der Waals surface area contributed by atoms with E-state index in [1.165, 1.54) is 11.0 Å². The number of rotatable bonds is 4. The Morgan fingerprint density at radius 1 is 0.926 bits per heavy atom. The van der Waals surface area contributed by atoms with Crippen LogP contribution < -0.4 is 0 Å². The van der Waals surface area contributed by atoms with Gasteiger partial charge in [0.25, 0.3) is 0 Å². The highest BCUT2D eigenvalue weighted by Gasteiger charge is 2.34. The lowest BCUT2D eigenvalue weighted by molar-refractivity contribution is -0.136. The third-order valence-corrected chi connectivity index (χ3v) is 6.24. The van der Waals surface area contributed by atoms with Crippen molar-refractivity contribution in [2.45, 2.75) is 51.1 Å². The highest BCUT2D eigenvalue weighted by Crippen LogP contribution is 2.26. The van der Waals surface area contributed by atoms with E-state index in [4.69, 9.17) is 0 Å². The highest BCUT2D eigenvalue weighted by atomic mass is 16.2. The molecule has 0 saturated carbocycles. The van der Waals surface area contributed by atoms with Crippen LogP contribution in [0.4, 0.5) is 0 Å². The van der Waals surface area contributed by atoms with Gasteiger partial charge < -0.3 is 9.80 Å². The first-order valence-corrected chi connectivity index (χ1v) is 10.2. The molecule has 0 aromatic carbocycles. The Morgan fingerprint density at radius 3 is 2.41 bits per heavy atom. The van der Waals surface area contributed by atoms with Gasteiger partial charge in [-0.05, 0) is 55.5 Å². The predicted octanol–water partition coefficient (Wildman–Crippen LogP) is -0.00150. The van der Waals surface area contributed by atoms with E-state index >= 15 is 0 Å². The van der Waals surface area contributed by atoms with Crippen LogP contribution in [-0.4, -0.2) is 92.0 Å². The van der Waals surface area contributed by atoms with E-state index in [2.05, 4.69) is 25.3 Å². The highest BCUT2D eigenvalue weighted by molar-refractivity contribution is 5.79. The summed E-state index contributed by atoms with van der Waals surface area (Å²) in [7, 11) is 0. The van der Waals surface area contributed by atoms with E-state index in [-0.39, 0.29) is 18.4 Å². The van der Waals surface area contributed by atoms with Gasteiger partial charge in [0, 0.05) is 38.8 Å². The van der Waals surface area contributed by atoms with Gasteiger partial charge in [0.1, 0.15) is 12.9 Å². The fourth-order valence-electron chi connectivity index (χ4n) is 4.71. The molecule has 1 atom stereocenters. The summed E-state index contributed by atoms with van der Waals surface area (Å²) in [5.74, 6) is 0.601. The number of likely N-dealkylation sites (tertiary alicyclic amines) is 3. The molecule has 0 spiro atoms. The molecular weight excluding hydrogens is 346 g/mol. The molecule has 3 saturated heterocycles. The van der Waals surface area contributed by atoms with Crippen LogP contribution in [0.25, 0.3) is 0 Å². The van der Waals surface area contributed by atoms with Crippen molar-refractivity contribution in [2.75, 3.05) is 39.3 Å². The number of hydrogen-bond donors (Lipinski definition) is 0. The maximum Gasteiger partial charge on any atom is 0.244 e. The standard InChI is InChI=1S/C18H29N7O2/c26-17(13-25-14-19-20-21-25)22-10-5-16(6-11-22)24-9-3-4-15(12-24)18(27)23-7-1-2-8-23/h14-16H,1-13H2/t15-/m0/s1. The second kappa shape index (κ2) is 8.33. The van der Waals surface area contributed by atoms with Gasteiger partial charge >= 0.3 is 0 Å². The van der Waals surface area contributed by atoms with Crippen LogP contribution in [0.1, 0.15) is 38.5 Å². The van der Waals surface area contributed by atoms with E-state index in [0.717, 1.165) is 77.8 Å². The van der Waals surface area contributed by atoms with E-state index in [1.54, 1.807) is 0 Å². The number of aromatic nitrogens is 4. The summed E-state index contributed by atoms with van der Waals surface area (Å²) >= 11 is 0. The summed E-state index contributed by atoms with van der Waals surface area (Å²) in [5.41, 5.74) is 0. The number of carbonyl (C=O) groups excluding carboxylic acids is 2. The lowest BCUT2D eigenvalue weighted by Crippen LogP contribution is -2.52.